The van der Waals surface area contributed by atoms with Crippen molar-refractivity contribution in [2.45, 2.75) is 26.8 Å². The predicted octanol–water partition coefficient (Wildman–Crippen LogP) is 3.17. The van der Waals surface area contributed by atoms with Gasteiger partial charge in [-0.2, -0.15) is 5.10 Å². The van der Waals surface area contributed by atoms with Crippen LogP contribution in [-0.2, 0) is 4.79 Å². The van der Waals surface area contributed by atoms with Crippen molar-refractivity contribution in [3.63, 3.8) is 0 Å². The van der Waals surface area contributed by atoms with E-state index in [1.54, 1.807) is 0 Å². The van der Waals surface area contributed by atoms with Gasteiger partial charge < -0.3 is 5.32 Å². The molecule has 0 saturated heterocycles. The average Bonchev–Trinajstić information content (AvgIpc) is 2.82. The molecular formula is C14H14ClN5O5. The van der Waals surface area contributed by atoms with Crippen LogP contribution >= 0.6 is 11.6 Å². The van der Waals surface area contributed by atoms with Crippen molar-refractivity contribution in [1.29, 1.82) is 0 Å². The lowest BCUT2D eigenvalue weighted by Gasteiger charge is -2.14. The number of nitro benzene ring substituents is 1. The third kappa shape index (κ3) is 3.58. The summed E-state index contributed by atoms with van der Waals surface area (Å²) in [5, 5.41) is 28.7. The van der Waals surface area contributed by atoms with Crippen molar-refractivity contribution in [3.8, 4) is 0 Å². The van der Waals surface area contributed by atoms with Crippen LogP contribution in [-0.4, -0.2) is 25.5 Å². The maximum atomic E-state index is 12.4. The van der Waals surface area contributed by atoms with Crippen molar-refractivity contribution < 1.29 is 14.6 Å². The number of carbonyl (C=O) groups excluding carboxylic acids is 1. The third-order valence-corrected chi connectivity index (χ3v) is 3.87. The van der Waals surface area contributed by atoms with E-state index in [0.717, 1.165) is 6.07 Å². The number of nitro groups is 2. The van der Waals surface area contributed by atoms with E-state index in [-0.39, 0.29) is 33.5 Å². The van der Waals surface area contributed by atoms with E-state index in [9.17, 15) is 25.0 Å². The molecule has 0 aliphatic carbocycles. The Kier molecular flexibility index (Phi) is 5.02. The molecule has 1 heterocycles. The van der Waals surface area contributed by atoms with Gasteiger partial charge in [0.15, 0.2) is 0 Å². The topological polar surface area (TPSA) is 133 Å². The second-order valence-electron chi connectivity index (χ2n) is 5.30. The standard InChI is InChI=1S/C14H14ClN5O5/c1-7-13(20(24)25)8(2)18(17-7)9(3)14(21)16-11-5-4-10(15)6-12(11)19(22)23/h4-6,9H,1-3H3,(H,16,21). The highest BCUT2D eigenvalue weighted by atomic mass is 35.5. The Labute approximate surface area is 146 Å². The maximum Gasteiger partial charge on any atom is 0.312 e. The van der Waals surface area contributed by atoms with Crippen molar-refractivity contribution >= 4 is 34.6 Å². The zero-order chi connectivity index (χ0) is 18.9. The number of anilines is 1. The quantitative estimate of drug-likeness (QED) is 0.637. The summed E-state index contributed by atoms with van der Waals surface area (Å²) in [6.07, 6.45) is 0. The first-order valence-electron chi connectivity index (χ1n) is 7.08. The smallest absolute Gasteiger partial charge is 0.312 e. The van der Waals surface area contributed by atoms with Gasteiger partial charge in [0.05, 0.1) is 9.85 Å². The fraction of sp³-hybridized carbons (Fsp3) is 0.286. The van der Waals surface area contributed by atoms with Crippen LogP contribution in [0.15, 0.2) is 18.2 Å². The van der Waals surface area contributed by atoms with Crippen LogP contribution in [0.2, 0.25) is 5.02 Å². The number of halogens is 1. The summed E-state index contributed by atoms with van der Waals surface area (Å²) in [6, 6.07) is 2.93. The van der Waals surface area contributed by atoms with Gasteiger partial charge in [-0.05, 0) is 32.9 Å². The molecule has 0 radical (unpaired) electrons. The van der Waals surface area contributed by atoms with Crippen LogP contribution < -0.4 is 5.32 Å². The molecule has 0 spiro atoms. The number of aromatic nitrogens is 2. The van der Waals surface area contributed by atoms with E-state index in [2.05, 4.69) is 10.4 Å². The van der Waals surface area contributed by atoms with Crippen molar-refractivity contribution in [1.82, 2.24) is 9.78 Å². The molecule has 0 bridgehead atoms. The molecule has 1 unspecified atom stereocenters. The van der Waals surface area contributed by atoms with E-state index >= 15 is 0 Å². The van der Waals surface area contributed by atoms with Gasteiger partial charge in [0.25, 0.3) is 5.69 Å². The van der Waals surface area contributed by atoms with Gasteiger partial charge in [0.1, 0.15) is 23.1 Å². The zero-order valence-electron chi connectivity index (χ0n) is 13.5. The number of aryl methyl sites for hydroxylation is 1. The second kappa shape index (κ2) is 6.85. The number of carbonyl (C=O) groups is 1. The molecule has 1 aromatic carbocycles. The molecule has 10 nitrogen and oxygen atoms in total. The second-order valence-corrected chi connectivity index (χ2v) is 5.74. The number of amides is 1. The lowest BCUT2D eigenvalue weighted by molar-refractivity contribution is -0.386. The molecule has 132 valence electrons. The fourth-order valence-electron chi connectivity index (χ4n) is 2.41. The van der Waals surface area contributed by atoms with Crippen LogP contribution in [0.25, 0.3) is 0 Å². The van der Waals surface area contributed by atoms with Gasteiger partial charge >= 0.3 is 5.69 Å². The van der Waals surface area contributed by atoms with Gasteiger partial charge in [0, 0.05) is 11.1 Å². The first-order chi connectivity index (χ1) is 11.6. The largest absolute Gasteiger partial charge is 0.319 e. The molecule has 1 atom stereocenters. The molecule has 1 aromatic heterocycles. The summed E-state index contributed by atoms with van der Waals surface area (Å²) in [5.74, 6) is -0.606. The summed E-state index contributed by atoms with van der Waals surface area (Å²) >= 11 is 5.73. The van der Waals surface area contributed by atoms with E-state index in [0.29, 0.717) is 0 Å². The Morgan fingerprint density at radius 1 is 1.28 bits per heavy atom. The number of hydrogen-bond donors (Lipinski definition) is 1. The molecule has 25 heavy (non-hydrogen) atoms. The highest BCUT2D eigenvalue weighted by Gasteiger charge is 2.28. The van der Waals surface area contributed by atoms with Gasteiger partial charge in [-0.15, -0.1) is 0 Å². The molecule has 1 amide bonds. The summed E-state index contributed by atoms with van der Waals surface area (Å²) in [7, 11) is 0. The predicted molar refractivity (Wildman–Crippen MR) is 89.8 cm³/mol. The van der Waals surface area contributed by atoms with Crippen LogP contribution in [0.3, 0.4) is 0 Å². The van der Waals surface area contributed by atoms with Crippen molar-refractivity contribution in [2.75, 3.05) is 5.32 Å². The monoisotopic (exact) mass is 367 g/mol. The van der Waals surface area contributed by atoms with Crippen LogP contribution in [0, 0.1) is 34.1 Å². The third-order valence-electron chi connectivity index (χ3n) is 3.63. The van der Waals surface area contributed by atoms with Gasteiger partial charge in [0.2, 0.25) is 5.91 Å². The first kappa shape index (κ1) is 18.3. The maximum absolute atomic E-state index is 12.4. The Morgan fingerprint density at radius 3 is 2.44 bits per heavy atom. The minimum atomic E-state index is -0.914. The lowest BCUT2D eigenvalue weighted by atomic mass is 10.2. The van der Waals surface area contributed by atoms with Crippen LogP contribution in [0.1, 0.15) is 24.4 Å². The Bertz CT molecular complexity index is 879. The minimum Gasteiger partial charge on any atom is -0.319 e. The van der Waals surface area contributed by atoms with E-state index in [1.807, 2.05) is 0 Å². The van der Waals surface area contributed by atoms with Crippen LogP contribution in [0.5, 0.6) is 0 Å². The first-order valence-corrected chi connectivity index (χ1v) is 7.46. The molecule has 2 aromatic rings. The molecule has 0 saturated carbocycles. The number of nitrogens with one attached hydrogen (secondary N) is 1. The highest BCUT2D eigenvalue weighted by Crippen LogP contribution is 2.29. The summed E-state index contributed by atoms with van der Waals surface area (Å²) < 4.78 is 1.21. The minimum absolute atomic E-state index is 0.0257. The summed E-state index contributed by atoms with van der Waals surface area (Å²) in [4.78, 5) is 33.3. The van der Waals surface area contributed by atoms with Crippen molar-refractivity contribution in [3.05, 3.63) is 54.8 Å². The molecule has 11 heteroatoms. The van der Waals surface area contributed by atoms with Gasteiger partial charge in [-0.1, -0.05) is 11.6 Å². The lowest BCUT2D eigenvalue weighted by Crippen LogP contribution is -2.25. The normalized spacial score (nSPS) is 11.8. The van der Waals surface area contributed by atoms with E-state index < -0.39 is 21.8 Å². The Morgan fingerprint density at radius 2 is 1.92 bits per heavy atom. The summed E-state index contributed by atoms with van der Waals surface area (Å²) in [6.45, 7) is 4.43. The van der Waals surface area contributed by atoms with Crippen molar-refractivity contribution in [2.24, 2.45) is 0 Å². The number of hydrogen-bond acceptors (Lipinski definition) is 6. The Hall–Kier alpha value is -3.01. The number of rotatable bonds is 5. The highest BCUT2D eigenvalue weighted by molar-refractivity contribution is 6.31. The van der Waals surface area contributed by atoms with Gasteiger partial charge in [-0.25, -0.2) is 0 Å². The molecular weight excluding hydrogens is 354 g/mol. The van der Waals surface area contributed by atoms with Gasteiger partial charge in [-0.3, -0.25) is 29.7 Å². The number of benzene rings is 1. The Balaban J connectivity index is 2.32. The van der Waals surface area contributed by atoms with E-state index in [4.69, 9.17) is 11.6 Å². The molecule has 0 aliphatic heterocycles. The molecule has 0 aliphatic rings. The SMILES string of the molecule is Cc1nn(C(C)C(=O)Nc2ccc(Cl)cc2[N+](=O)[O-])c(C)c1[N+](=O)[O-]. The molecule has 0 fully saturated rings. The average molecular weight is 368 g/mol. The molecule has 2 rings (SSSR count). The van der Waals surface area contributed by atoms with E-state index in [1.165, 1.54) is 37.6 Å². The summed E-state index contributed by atoms with van der Waals surface area (Å²) in [5.41, 5.74) is -0.151. The molecule has 1 N–H and O–H groups in total. The number of nitrogens with zero attached hydrogens (tertiary/aromatic N) is 4. The van der Waals surface area contributed by atoms with Crippen LogP contribution in [0.4, 0.5) is 17.1 Å². The fourth-order valence-corrected chi connectivity index (χ4v) is 2.57. The zero-order valence-corrected chi connectivity index (χ0v) is 14.3.